The van der Waals surface area contributed by atoms with E-state index in [0.29, 0.717) is 22.3 Å². The Hall–Kier alpha value is -7.43. The van der Waals surface area contributed by atoms with Crippen molar-refractivity contribution < 1.29 is 25.0 Å². The van der Waals surface area contributed by atoms with E-state index in [0.717, 1.165) is 21.9 Å². The molecule has 0 atom stereocenters. The zero-order valence-electron chi connectivity index (χ0n) is 43.5. The molecule has 0 N–H and O–H groups in total. The maximum absolute atomic E-state index is 9.80. The van der Waals surface area contributed by atoms with Crippen molar-refractivity contribution >= 4 is 54.3 Å². The van der Waals surface area contributed by atoms with Crippen LogP contribution in [0.2, 0.25) is 0 Å². The first-order chi connectivity index (χ1) is 33.5. The number of hydrogen-bond donors (Lipinski definition) is 0. The Labute approximate surface area is 338 Å². The number of aromatic nitrogens is 3. The number of benzene rings is 9. The molecule has 0 aliphatic carbocycles. The summed E-state index contributed by atoms with van der Waals surface area (Å²) in [7, 11) is 0. The van der Waals surface area contributed by atoms with Crippen molar-refractivity contribution in [3.05, 3.63) is 188 Å². The van der Waals surface area contributed by atoms with Gasteiger partial charge in [-0.25, -0.2) is 15.0 Å². The summed E-state index contributed by atoms with van der Waals surface area (Å²) in [5.74, 6) is -0.0678. The molecule has 0 aliphatic heterocycles. The second-order valence-corrected chi connectivity index (χ2v) is 12.8. The standard InChI is InChI=1S/C51H31N3O/c1-2-12-32(13-3-1)33-14-10-16-36(28-33)49-52-50(54-51(53-49)38-25-27-45-44-22-8-9-23-47(44)55-48(45)31-38)37-17-11-15-34(29-37)35-24-26-43-41-20-5-4-18-39(41)40-19-6-7-21-42(40)46(43)30-35/h1-31H/i4D,5D,6D,7D,11D,15D,17D,18D,19D,20D,21D,24D,26D,29D,30D. The summed E-state index contributed by atoms with van der Waals surface area (Å²) < 4.78 is 142. The highest BCUT2D eigenvalue weighted by molar-refractivity contribution is 6.25. The second kappa shape index (κ2) is 12.6. The minimum absolute atomic E-state index is 0.0906. The van der Waals surface area contributed by atoms with Crippen LogP contribution in [0.15, 0.2) is 192 Å². The van der Waals surface area contributed by atoms with Gasteiger partial charge in [-0.15, -0.1) is 0 Å². The van der Waals surface area contributed by atoms with Crippen molar-refractivity contribution in [3.63, 3.8) is 0 Å². The molecule has 55 heavy (non-hydrogen) atoms. The van der Waals surface area contributed by atoms with E-state index in [4.69, 9.17) is 31.7 Å². The predicted molar refractivity (Wildman–Crippen MR) is 227 cm³/mol. The monoisotopic (exact) mass is 716 g/mol. The molecule has 0 amide bonds. The Morgan fingerprint density at radius 1 is 0.327 bits per heavy atom. The number of fused-ring (bicyclic) bond motifs is 9. The molecule has 0 aliphatic rings. The molecule has 0 spiro atoms. The molecular weight excluding hydrogens is 671 g/mol. The quantitative estimate of drug-likeness (QED) is 0.166. The second-order valence-electron chi connectivity index (χ2n) is 12.8. The molecule has 9 aromatic carbocycles. The summed E-state index contributed by atoms with van der Waals surface area (Å²) in [5, 5.41) is -0.509. The highest BCUT2D eigenvalue weighted by atomic mass is 16.3. The van der Waals surface area contributed by atoms with E-state index in [-0.39, 0.29) is 50.0 Å². The van der Waals surface area contributed by atoms with Gasteiger partial charge in [0, 0.05) is 27.5 Å². The van der Waals surface area contributed by atoms with Gasteiger partial charge in [0.15, 0.2) is 17.5 Å². The first-order valence-corrected chi connectivity index (χ1v) is 17.3. The first-order valence-electron chi connectivity index (χ1n) is 24.8. The fourth-order valence-corrected chi connectivity index (χ4v) is 6.94. The average Bonchev–Trinajstić information content (AvgIpc) is 3.75. The summed E-state index contributed by atoms with van der Waals surface area (Å²) in [6.45, 7) is 0. The number of furan rings is 1. The van der Waals surface area contributed by atoms with E-state index in [1.165, 1.54) is 0 Å². The molecule has 0 saturated heterocycles. The third kappa shape index (κ3) is 5.34. The minimum atomic E-state index is -0.787. The molecule has 0 fully saturated rings. The lowest BCUT2D eigenvalue weighted by Gasteiger charge is -2.13. The molecule has 11 rings (SSSR count). The number of nitrogens with zero attached hydrogens (tertiary/aromatic N) is 3. The lowest BCUT2D eigenvalue weighted by atomic mass is 9.92. The van der Waals surface area contributed by atoms with Gasteiger partial charge < -0.3 is 4.42 Å². The lowest BCUT2D eigenvalue weighted by molar-refractivity contribution is 0.669. The summed E-state index contributed by atoms with van der Waals surface area (Å²) in [4.78, 5) is 14.5. The van der Waals surface area contributed by atoms with Crippen LogP contribution in [0, 0.1) is 0 Å². The van der Waals surface area contributed by atoms with E-state index < -0.39 is 107 Å². The zero-order chi connectivity index (χ0) is 49.3. The van der Waals surface area contributed by atoms with Crippen molar-refractivity contribution in [2.24, 2.45) is 0 Å². The van der Waals surface area contributed by atoms with Crippen LogP contribution < -0.4 is 0 Å². The van der Waals surface area contributed by atoms with Crippen LogP contribution in [0.5, 0.6) is 0 Å². The Bertz CT molecular complexity index is 4100. The SMILES string of the molecule is [2H]c1c([2H])c(-c2nc(-c3cccc(-c4ccccc4)c3)nc(-c3ccc4c(c3)oc3ccccc34)n2)c([2H])c(-c2c([2H])c([2H])c3c4c([2H])c([2H])c([2H])c([2H])c4c4c([2H])c([2H])c([2H])c([2H])c4c3c2[2H])c1[2H]. The zero-order valence-corrected chi connectivity index (χ0v) is 28.5. The highest BCUT2D eigenvalue weighted by Crippen LogP contribution is 2.38. The van der Waals surface area contributed by atoms with Gasteiger partial charge in [-0.1, -0.05) is 151 Å². The van der Waals surface area contributed by atoms with Crippen molar-refractivity contribution in [2.75, 3.05) is 0 Å². The van der Waals surface area contributed by atoms with Crippen LogP contribution in [0.3, 0.4) is 0 Å². The van der Waals surface area contributed by atoms with Gasteiger partial charge in [0.05, 0.1) is 20.6 Å². The van der Waals surface area contributed by atoms with Gasteiger partial charge in [-0.05, 0) is 90.9 Å². The maximum atomic E-state index is 9.80. The highest BCUT2D eigenvalue weighted by Gasteiger charge is 2.16. The van der Waals surface area contributed by atoms with Crippen LogP contribution >= 0.6 is 0 Å². The Balaban J connectivity index is 1.23. The first kappa shape index (κ1) is 19.6. The Morgan fingerprint density at radius 2 is 0.891 bits per heavy atom. The van der Waals surface area contributed by atoms with Crippen molar-refractivity contribution in [1.29, 1.82) is 0 Å². The van der Waals surface area contributed by atoms with Gasteiger partial charge >= 0.3 is 0 Å². The fraction of sp³-hybridized carbons (Fsp3) is 0. The summed E-state index contributed by atoms with van der Waals surface area (Å²) in [5.41, 5.74) is 2.41. The van der Waals surface area contributed by atoms with E-state index in [1.807, 2.05) is 78.9 Å². The molecule has 2 aromatic heterocycles. The maximum Gasteiger partial charge on any atom is 0.164 e. The average molecular weight is 717 g/mol. The van der Waals surface area contributed by atoms with E-state index in [9.17, 15) is 8.22 Å². The number of para-hydroxylation sites is 1. The minimum Gasteiger partial charge on any atom is -0.456 e. The topological polar surface area (TPSA) is 51.8 Å². The van der Waals surface area contributed by atoms with Crippen molar-refractivity contribution in [3.8, 4) is 56.4 Å². The third-order valence-electron chi connectivity index (χ3n) is 9.54. The van der Waals surface area contributed by atoms with Crippen molar-refractivity contribution in [1.82, 2.24) is 15.0 Å². The van der Waals surface area contributed by atoms with Crippen LogP contribution in [0.25, 0.3) is 111 Å². The van der Waals surface area contributed by atoms with E-state index in [1.54, 1.807) is 18.2 Å². The Kier molecular flexibility index (Phi) is 4.49. The van der Waals surface area contributed by atoms with E-state index in [2.05, 4.69) is 0 Å². The smallest absolute Gasteiger partial charge is 0.164 e. The van der Waals surface area contributed by atoms with E-state index >= 15 is 0 Å². The Morgan fingerprint density at radius 3 is 1.65 bits per heavy atom. The summed E-state index contributed by atoms with van der Waals surface area (Å²) in [6.07, 6.45) is 0. The van der Waals surface area contributed by atoms with Crippen LogP contribution in [-0.4, -0.2) is 15.0 Å². The molecule has 0 bridgehead atoms. The number of hydrogen-bond acceptors (Lipinski definition) is 4. The van der Waals surface area contributed by atoms with Crippen LogP contribution in [0.1, 0.15) is 20.6 Å². The lowest BCUT2D eigenvalue weighted by Crippen LogP contribution is -2.00. The van der Waals surface area contributed by atoms with Gasteiger partial charge in [0.1, 0.15) is 11.2 Å². The third-order valence-corrected chi connectivity index (χ3v) is 9.54. The number of rotatable bonds is 5. The molecule has 0 unspecified atom stereocenters. The van der Waals surface area contributed by atoms with Gasteiger partial charge in [-0.3, -0.25) is 0 Å². The normalized spacial score (nSPS) is 15.5. The molecule has 2 heterocycles. The molecule has 256 valence electrons. The molecule has 4 heteroatoms. The largest absolute Gasteiger partial charge is 0.456 e. The van der Waals surface area contributed by atoms with Gasteiger partial charge in [0.25, 0.3) is 0 Å². The summed E-state index contributed by atoms with van der Waals surface area (Å²) in [6, 6.07) is 19.2. The molecule has 0 saturated carbocycles. The molecule has 11 aromatic rings. The summed E-state index contributed by atoms with van der Waals surface area (Å²) >= 11 is 0. The predicted octanol–water partition coefficient (Wildman–Crippen LogP) is 13.6. The van der Waals surface area contributed by atoms with Crippen LogP contribution in [-0.2, 0) is 0 Å². The van der Waals surface area contributed by atoms with Gasteiger partial charge in [0.2, 0.25) is 0 Å². The molecule has 0 radical (unpaired) electrons. The van der Waals surface area contributed by atoms with Crippen molar-refractivity contribution in [2.45, 2.75) is 0 Å². The molecular formula is C51H31N3O. The van der Waals surface area contributed by atoms with Crippen LogP contribution in [0.4, 0.5) is 0 Å². The molecule has 4 nitrogen and oxygen atoms in total. The van der Waals surface area contributed by atoms with Gasteiger partial charge in [-0.2, -0.15) is 0 Å². The fourth-order valence-electron chi connectivity index (χ4n) is 6.94.